The van der Waals surface area contributed by atoms with Crippen LogP contribution in [0, 0.1) is 5.41 Å². The summed E-state index contributed by atoms with van der Waals surface area (Å²) in [4.78, 5) is 0. The van der Waals surface area contributed by atoms with Crippen molar-refractivity contribution in [1.29, 1.82) is 0 Å². The molecule has 106 valence electrons. The molecule has 0 spiro atoms. The van der Waals surface area contributed by atoms with Crippen LogP contribution in [0.25, 0.3) is 0 Å². The van der Waals surface area contributed by atoms with Crippen molar-refractivity contribution in [1.82, 2.24) is 5.32 Å². The summed E-state index contributed by atoms with van der Waals surface area (Å²) in [6.45, 7) is 3.96. The molecule has 1 aromatic carbocycles. The fourth-order valence-electron chi connectivity index (χ4n) is 2.90. The molecule has 1 saturated carbocycles. The van der Waals surface area contributed by atoms with E-state index >= 15 is 0 Å². The number of benzene rings is 1. The molecule has 0 radical (unpaired) electrons. The van der Waals surface area contributed by atoms with Crippen molar-refractivity contribution >= 4 is 11.6 Å². The number of aliphatic hydroxyl groups excluding tert-OH is 1. The first-order valence-corrected chi connectivity index (χ1v) is 7.61. The third-order valence-electron chi connectivity index (χ3n) is 4.20. The molecule has 2 rings (SSSR count). The van der Waals surface area contributed by atoms with E-state index in [1.165, 1.54) is 32.1 Å². The first-order valence-electron chi connectivity index (χ1n) is 7.23. The molecular weight excluding hydrogens is 258 g/mol. The first kappa shape index (κ1) is 14.8. The molecule has 0 heterocycles. The zero-order valence-corrected chi connectivity index (χ0v) is 12.4. The fraction of sp³-hybridized carbons (Fsp3) is 0.625. The van der Waals surface area contributed by atoms with Gasteiger partial charge in [-0.05, 0) is 36.0 Å². The van der Waals surface area contributed by atoms with Crippen molar-refractivity contribution in [2.45, 2.75) is 45.1 Å². The lowest BCUT2D eigenvalue weighted by Gasteiger charge is -2.34. The van der Waals surface area contributed by atoms with Crippen molar-refractivity contribution in [3.63, 3.8) is 0 Å². The van der Waals surface area contributed by atoms with Crippen LogP contribution in [0.5, 0.6) is 0 Å². The molecule has 1 aliphatic rings. The van der Waals surface area contributed by atoms with Crippen LogP contribution in [0.3, 0.4) is 0 Å². The highest BCUT2D eigenvalue weighted by molar-refractivity contribution is 6.30. The van der Waals surface area contributed by atoms with Crippen molar-refractivity contribution in [3.8, 4) is 0 Å². The highest BCUT2D eigenvalue weighted by atomic mass is 35.5. The lowest BCUT2D eigenvalue weighted by Crippen LogP contribution is -2.35. The van der Waals surface area contributed by atoms with Crippen LogP contribution in [0.4, 0.5) is 0 Å². The van der Waals surface area contributed by atoms with Gasteiger partial charge >= 0.3 is 0 Å². The van der Waals surface area contributed by atoms with Crippen molar-refractivity contribution in [3.05, 3.63) is 34.9 Å². The molecule has 1 aliphatic carbocycles. The molecule has 0 aromatic heterocycles. The number of aliphatic hydroxyl groups is 1. The molecule has 1 aromatic rings. The third-order valence-corrected chi connectivity index (χ3v) is 4.46. The summed E-state index contributed by atoms with van der Waals surface area (Å²) < 4.78 is 0. The minimum atomic E-state index is -0.454. The van der Waals surface area contributed by atoms with Gasteiger partial charge in [-0.15, -0.1) is 0 Å². The van der Waals surface area contributed by atoms with Crippen LogP contribution in [0.15, 0.2) is 24.3 Å². The highest BCUT2D eigenvalue weighted by Gasteiger charge is 2.26. The number of rotatable bonds is 5. The Morgan fingerprint density at radius 1 is 1.21 bits per heavy atom. The summed E-state index contributed by atoms with van der Waals surface area (Å²) in [5.74, 6) is 0. The van der Waals surface area contributed by atoms with Crippen molar-refractivity contribution in [2.75, 3.05) is 13.1 Å². The second-order valence-corrected chi connectivity index (χ2v) is 6.51. The van der Waals surface area contributed by atoms with E-state index in [9.17, 15) is 5.11 Å². The molecule has 0 aliphatic heterocycles. The average molecular weight is 282 g/mol. The molecule has 2 N–H and O–H groups in total. The molecule has 1 atom stereocenters. The van der Waals surface area contributed by atoms with Gasteiger partial charge in [0.25, 0.3) is 0 Å². The highest BCUT2D eigenvalue weighted by Crippen LogP contribution is 2.34. The van der Waals surface area contributed by atoms with Gasteiger partial charge in [0.05, 0.1) is 6.10 Å². The maximum absolute atomic E-state index is 10.1. The zero-order chi connectivity index (χ0) is 13.7. The van der Waals surface area contributed by atoms with E-state index in [0.29, 0.717) is 17.0 Å². The van der Waals surface area contributed by atoms with E-state index < -0.39 is 6.10 Å². The molecule has 19 heavy (non-hydrogen) atoms. The molecular formula is C16H24ClNO. The van der Waals surface area contributed by atoms with Gasteiger partial charge in [-0.3, -0.25) is 0 Å². The Morgan fingerprint density at radius 3 is 2.47 bits per heavy atom. The standard InChI is InChI=1S/C16H24ClNO/c1-16(9-3-2-4-10-16)12-18-11-15(19)13-5-7-14(17)8-6-13/h5-8,15,18-19H,2-4,9-12H2,1H3. The second-order valence-electron chi connectivity index (χ2n) is 6.07. The summed E-state index contributed by atoms with van der Waals surface area (Å²) in [6.07, 6.45) is 6.22. The monoisotopic (exact) mass is 281 g/mol. The van der Waals surface area contributed by atoms with Gasteiger partial charge in [0.2, 0.25) is 0 Å². The Hall–Kier alpha value is -0.570. The molecule has 0 saturated heterocycles. The Morgan fingerprint density at radius 2 is 1.84 bits per heavy atom. The Balaban J connectivity index is 1.77. The Kier molecular flexibility index (Phi) is 5.26. The average Bonchev–Trinajstić information content (AvgIpc) is 2.40. The lowest BCUT2D eigenvalue weighted by atomic mass is 9.76. The van der Waals surface area contributed by atoms with Gasteiger partial charge in [-0.2, -0.15) is 0 Å². The predicted octanol–water partition coefficient (Wildman–Crippen LogP) is 3.93. The van der Waals surface area contributed by atoms with Crippen LogP contribution in [0.1, 0.15) is 50.7 Å². The summed E-state index contributed by atoms with van der Waals surface area (Å²) in [7, 11) is 0. The fourth-order valence-corrected chi connectivity index (χ4v) is 3.02. The second kappa shape index (κ2) is 6.74. The molecule has 1 unspecified atom stereocenters. The summed E-state index contributed by atoms with van der Waals surface area (Å²) >= 11 is 5.84. The van der Waals surface area contributed by atoms with E-state index in [0.717, 1.165) is 12.1 Å². The summed E-state index contributed by atoms with van der Waals surface area (Å²) in [5.41, 5.74) is 1.34. The number of halogens is 1. The van der Waals surface area contributed by atoms with Crippen LogP contribution in [-0.4, -0.2) is 18.2 Å². The third kappa shape index (κ3) is 4.48. The maximum atomic E-state index is 10.1. The quantitative estimate of drug-likeness (QED) is 0.857. The van der Waals surface area contributed by atoms with Crippen LogP contribution >= 0.6 is 11.6 Å². The van der Waals surface area contributed by atoms with E-state index in [4.69, 9.17) is 11.6 Å². The molecule has 0 bridgehead atoms. The topological polar surface area (TPSA) is 32.3 Å². The van der Waals surface area contributed by atoms with Gasteiger partial charge in [-0.25, -0.2) is 0 Å². The number of hydrogen-bond donors (Lipinski definition) is 2. The molecule has 2 nitrogen and oxygen atoms in total. The van der Waals surface area contributed by atoms with Gasteiger partial charge in [0.1, 0.15) is 0 Å². The van der Waals surface area contributed by atoms with Crippen LogP contribution < -0.4 is 5.32 Å². The van der Waals surface area contributed by atoms with Gasteiger partial charge in [0, 0.05) is 18.1 Å². The van der Waals surface area contributed by atoms with Crippen LogP contribution in [0.2, 0.25) is 5.02 Å². The first-order chi connectivity index (χ1) is 9.09. The predicted molar refractivity (Wildman–Crippen MR) is 80.5 cm³/mol. The molecule has 3 heteroatoms. The van der Waals surface area contributed by atoms with Crippen molar-refractivity contribution in [2.24, 2.45) is 5.41 Å². The summed E-state index contributed by atoms with van der Waals surface area (Å²) in [5, 5.41) is 14.3. The van der Waals surface area contributed by atoms with E-state index in [1.54, 1.807) is 0 Å². The lowest BCUT2D eigenvalue weighted by molar-refractivity contribution is 0.155. The van der Waals surface area contributed by atoms with Gasteiger partial charge < -0.3 is 10.4 Å². The molecule has 1 fully saturated rings. The van der Waals surface area contributed by atoms with Gasteiger partial charge in [0.15, 0.2) is 0 Å². The van der Waals surface area contributed by atoms with Gasteiger partial charge in [-0.1, -0.05) is 49.9 Å². The molecule has 0 amide bonds. The Bertz CT molecular complexity index is 384. The zero-order valence-electron chi connectivity index (χ0n) is 11.7. The number of hydrogen-bond acceptors (Lipinski definition) is 2. The van der Waals surface area contributed by atoms with E-state index in [1.807, 2.05) is 24.3 Å². The largest absolute Gasteiger partial charge is 0.387 e. The van der Waals surface area contributed by atoms with E-state index in [-0.39, 0.29) is 0 Å². The summed E-state index contributed by atoms with van der Waals surface area (Å²) in [6, 6.07) is 7.42. The SMILES string of the molecule is CC1(CNCC(O)c2ccc(Cl)cc2)CCCCC1. The maximum Gasteiger partial charge on any atom is 0.0914 e. The normalized spacial score (nSPS) is 20.2. The van der Waals surface area contributed by atoms with E-state index in [2.05, 4.69) is 12.2 Å². The minimum Gasteiger partial charge on any atom is -0.387 e. The number of nitrogens with one attached hydrogen (secondary N) is 1. The smallest absolute Gasteiger partial charge is 0.0914 e. The minimum absolute atomic E-state index is 0.415. The van der Waals surface area contributed by atoms with Crippen molar-refractivity contribution < 1.29 is 5.11 Å². The van der Waals surface area contributed by atoms with Crippen LogP contribution in [-0.2, 0) is 0 Å². The Labute approximate surface area is 121 Å².